The summed E-state index contributed by atoms with van der Waals surface area (Å²) < 4.78 is 50.6. The number of alkyl halides is 3. The van der Waals surface area contributed by atoms with Crippen molar-refractivity contribution in [2.45, 2.75) is 38.9 Å². The zero-order valence-electron chi connectivity index (χ0n) is 10.4. The number of rotatable bonds is 5. The van der Waals surface area contributed by atoms with E-state index < -0.39 is 17.6 Å². The largest absolute Gasteiger partial charge is 0.416 e. The van der Waals surface area contributed by atoms with Gasteiger partial charge in [-0.1, -0.05) is 6.92 Å². The van der Waals surface area contributed by atoms with Crippen LogP contribution >= 0.6 is 0 Å². The molecule has 0 bridgehead atoms. The molecule has 1 N–H and O–H groups in total. The Balaban J connectivity index is 2.75. The van der Waals surface area contributed by atoms with Crippen LogP contribution < -0.4 is 5.32 Å². The van der Waals surface area contributed by atoms with Gasteiger partial charge in [-0.3, -0.25) is 0 Å². The van der Waals surface area contributed by atoms with Gasteiger partial charge >= 0.3 is 6.18 Å². The molecular weight excluding hydrogens is 246 g/mol. The van der Waals surface area contributed by atoms with Gasteiger partial charge in [0.2, 0.25) is 0 Å². The molecule has 1 aromatic rings. The summed E-state index contributed by atoms with van der Waals surface area (Å²) in [7, 11) is 0. The van der Waals surface area contributed by atoms with Crippen molar-refractivity contribution in [3.05, 3.63) is 35.1 Å². The van der Waals surface area contributed by atoms with Crippen LogP contribution in [0, 0.1) is 5.82 Å². The molecule has 0 aliphatic rings. The molecule has 1 aromatic carbocycles. The van der Waals surface area contributed by atoms with E-state index in [2.05, 4.69) is 5.32 Å². The summed E-state index contributed by atoms with van der Waals surface area (Å²) in [5.41, 5.74) is -0.541. The van der Waals surface area contributed by atoms with Crippen molar-refractivity contribution < 1.29 is 17.6 Å². The third-order valence-electron chi connectivity index (χ3n) is 2.70. The Morgan fingerprint density at radius 1 is 1.22 bits per heavy atom. The van der Waals surface area contributed by atoms with E-state index in [-0.39, 0.29) is 6.04 Å². The van der Waals surface area contributed by atoms with Crippen LogP contribution in [0.15, 0.2) is 18.2 Å². The third kappa shape index (κ3) is 4.64. The minimum absolute atomic E-state index is 0.201. The first-order valence-corrected chi connectivity index (χ1v) is 5.93. The van der Waals surface area contributed by atoms with Crippen molar-refractivity contribution in [2.75, 3.05) is 6.54 Å². The maximum Gasteiger partial charge on any atom is 0.416 e. The summed E-state index contributed by atoms with van der Waals surface area (Å²) in [6.45, 7) is 4.71. The van der Waals surface area contributed by atoms with E-state index in [4.69, 9.17) is 0 Å². The fourth-order valence-corrected chi connectivity index (χ4v) is 1.79. The minimum Gasteiger partial charge on any atom is -0.315 e. The average Bonchev–Trinajstić information content (AvgIpc) is 2.25. The Hall–Kier alpha value is -1.10. The third-order valence-corrected chi connectivity index (χ3v) is 2.70. The molecule has 102 valence electrons. The van der Waals surface area contributed by atoms with Gasteiger partial charge in [0.1, 0.15) is 5.82 Å². The highest BCUT2D eigenvalue weighted by Gasteiger charge is 2.31. The molecule has 0 spiro atoms. The second kappa shape index (κ2) is 6.18. The lowest BCUT2D eigenvalue weighted by molar-refractivity contribution is -0.137. The molecule has 0 aromatic heterocycles. The second-order valence-corrected chi connectivity index (χ2v) is 4.34. The molecule has 0 radical (unpaired) electrons. The fourth-order valence-electron chi connectivity index (χ4n) is 1.79. The van der Waals surface area contributed by atoms with Crippen molar-refractivity contribution in [2.24, 2.45) is 0 Å². The predicted molar refractivity (Wildman–Crippen MR) is 62.9 cm³/mol. The van der Waals surface area contributed by atoms with Gasteiger partial charge in [0.15, 0.2) is 0 Å². The molecule has 0 saturated heterocycles. The van der Waals surface area contributed by atoms with E-state index in [1.807, 2.05) is 13.8 Å². The molecule has 0 saturated carbocycles. The highest BCUT2D eigenvalue weighted by Crippen LogP contribution is 2.30. The van der Waals surface area contributed by atoms with E-state index in [0.717, 1.165) is 18.7 Å². The predicted octanol–water partition coefficient (Wildman–Crippen LogP) is 3.78. The molecule has 0 aliphatic heterocycles. The molecule has 0 amide bonds. The molecule has 0 fully saturated rings. The summed E-state index contributed by atoms with van der Waals surface area (Å²) in [6.07, 6.45) is -3.40. The van der Waals surface area contributed by atoms with E-state index in [9.17, 15) is 17.6 Å². The zero-order valence-corrected chi connectivity index (χ0v) is 10.4. The Kier molecular flexibility index (Phi) is 5.14. The van der Waals surface area contributed by atoms with Gasteiger partial charge in [0, 0.05) is 6.04 Å². The van der Waals surface area contributed by atoms with Gasteiger partial charge < -0.3 is 5.32 Å². The number of nitrogens with one attached hydrogen (secondary N) is 1. The van der Waals surface area contributed by atoms with Crippen LogP contribution in [-0.2, 0) is 12.6 Å². The van der Waals surface area contributed by atoms with E-state index >= 15 is 0 Å². The molecule has 0 heterocycles. The average molecular weight is 263 g/mol. The quantitative estimate of drug-likeness (QED) is 0.797. The first-order valence-electron chi connectivity index (χ1n) is 5.93. The molecule has 1 atom stereocenters. The molecule has 1 unspecified atom stereocenters. The number of aryl methyl sites for hydroxylation is 1. The molecule has 0 aliphatic carbocycles. The summed E-state index contributed by atoms with van der Waals surface area (Å²) in [4.78, 5) is 0. The van der Waals surface area contributed by atoms with Crippen molar-refractivity contribution in [1.29, 1.82) is 0 Å². The Morgan fingerprint density at radius 2 is 1.89 bits per heavy atom. The van der Waals surface area contributed by atoms with E-state index in [0.29, 0.717) is 24.5 Å². The van der Waals surface area contributed by atoms with Gasteiger partial charge in [-0.15, -0.1) is 0 Å². The minimum atomic E-state index is -4.50. The Labute approximate surface area is 104 Å². The highest BCUT2D eigenvalue weighted by atomic mass is 19.4. The van der Waals surface area contributed by atoms with Crippen LogP contribution in [0.2, 0.25) is 0 Å². The fraction of sp³-hybridized carbons (Fsp3) is 0.538. The lowest BCUT2D eigenvalue weighted by atomic mass is 10.0. The maximum absolute atomic E-state index is 13.1. The SMILES string of the molecule is CCNC(C)CCc1cc(F)cc(C(F)(F)F)c1. The van der Waals surface area contributed by atoms with E-state index in [1.165, 1.54) is 0 Å². The smallest absolute Gasteiger partial charge is 0.315 e. The first-order chi connectivity index (χ1) is 8.32. The van der Waals surface area contributed by atoms with Crippen molar-refractivity contribution in [3.8, 4) is 0 Å². The number of hydrogen-bond acceptors (Lipinski definition) is 1. The van der Waals surface area contributed by atoms with Gasteiger partial charge in [0.05, 0.1) is 5.56 Å². The van der Waals surface area contributed by atoms with E-state index in [1.54, 1.807) is 0 Å². The summed E-state index contributed by atoms with van der Waals surface area (Å²) >= 11 is 0. The zero-order chi connectivity index (χ0) is 13.8. The van der Waals surface area contributed by atoms with Gasteiger partial charge in [0.25, 0.3) is 0 Å². The second-order valence-electron chi connectivity index (χ2n) is 4.34. The number of halogens is 4. The number of benzene rings is 1. The van der Waals surface area contributed by atoms with Crippen molar-refractivity contribution >= 4 is 0 Å². The Morgan fingerprint density at radius 3 is 2.44 bits per heavy atom. The first kappa shape index (κ1) is 15.0. The standard InChI is InChI=1S/C13H17F4N/c1-3-18-9(2)4-5-10-6-11(13(15,16)17)8-12(14)7-10/h6-9,18H,3-5H2,1-2H3. The topological polar surface area (TPSA) is 12.0 Å². The van der Waals surface area contributed by atoms with Crippen LogP contribution in [0.5, 0.6) is 0 Å². The molecule has 5 heteroatoms. The summed E-state index contributed by atoms with van der Waals surface area (Å²) in [5.74, 6) is -0.837. The van der Waals surface area contributed by atoms with Crippen LogP contribution in [0.1, 0.15) is 31.4 Å². The van der Waals surface area contributed by atoms with Crippen LogP contribution in [0.3, 0.4) is 0 Å². The van der Waals surface area contributed by atoms with Crippen molar-refractivity contribution in [3.63, 3.8) is 0 Å². The maximum atomic E-state index is 13.1. The van der Waals surface area contributed by atoms with Crippen LogP contribution in [0.4, 0.5) is 17.6 Å². The normalized spacial score (nSPS) is 13.7. The highest BCUT2D eigenvalue weighted by molar-refractivity contribution is 5.27. The molecule has 1 nitrogen and oxygen atoms in total. The summed E-state index contributed by atoms with van der Waals surface area (Å²) in [5, 5.41) is 3.16. The van der Waals surface area contributed by atoms with Gasteiger partial charge in [-0.2, -0.15) is 13.2 Å². The lowest BCUT2D eigenvalue weighted by Gasteiger charge is -2.13. The van der Waals surface area contributed by atoms with Crippen LogP contribution in [-0.4, -0.2) is 12.6 Å². The monoisotopic (exact) mass is 263 g/mol. The molecule has 1 rings (SSSR count). The van der Waals surface area contributed by atoms with Crippen LogP contribution in [0.25, 0.3) is 0 Å². The number of hydrogen-bond donors (Lipinski definition) is 1. The lowest BCUT2D eigenvalue weighted by Crippen LogP contribution is -2.25. The van der Waals surface area contributed by atoms with Gasteiger partial charge in [-0.25, -0.2) is 4.39 Å². The Bertz CT molecular complexity index is 387. The van der Waals surface area contributed by atoms with Crippen molar-refractivity contribution in [1.82, 2.24) is 5.32 Å². The van der Waals surface area contributed by atoms with Gasteiger partial charge in [-0.05, 0) is 50.1 Å². The molecule has 18 heavy (non-hydrogen) atoms. The molecular formula is C13H17F4N. The summed E-state index contributed by atoms with van der Waals surface area (Å²) in [6, 6.07) is 2.90.